The maximum absolute atomic E-state index is 14.8. The summed E-state index contributed by atoms with van der Waals surface area (Å²) in [7, 11) is 0. The number of nitrogens with zero attached hydrogens (tertiary/aromatic N) is 5. The Morgan fingerprint density at radius 3 is 2.75 bits per heavy atom. The van der Waals surface area contributed by atoms with E-state index in [4.69, 9.17) is 0 Å². The molecular formula is C26H29F2N7O. The highest BCUT2D eigenvalue weighted by Gasteiger charge is 2.25. The van der Waals surface area contributed by atoms with Crippen molar-refractivity contribution in [3.8, 4) is 5.69 Å². The number of anilines is 2. The van der Waals surface area contributed by atoms with E-state index >= 15 is 0 Å². The monoisotopic (exact) mass is 493 g/mol. The van der Waals surface area contributed by atoms with Crippen molar-refractivity contribution < 1.29 is 8.78 Å². The number of fused-ring (bicyclic) bond motifs is 2. The van der Waals surface area contributed by atoms with Gasteiger partial charge in [-0.2, -0.15) is 4.98 Å². The Morgan fingerprint density at radius 1 is 1.19 bits per heavy atom. The third kappa shape index (κ3) is 4.15. The van der Waals surface area contributed by atoms with Crippen LogP contribution in [0.15, 0.2) is 41.5 Å². The van der Waals surface area contributed by atoms with Crippen molar-refractivity contribution in [3.63, 3.8) is 0 Å². The highest BCUT2D eigenvalue weighted by Crippen LogP contribution is 2.27. The summed E-state index contributed by atoms with van der Waals surface area (Å²) in [6, 6.07) is 6.64. The van der Waals surface area contributed by atoms with Gasteiger partial charge in [0.25, 0.3) is 5.56 Å². The van der Waals surface area contributed by atoms with Gasteiger partial charge >= 0.3 is 0 Å². The average molecular weight is 494 g/mol. The van der Waals surface area contributed by atoms with E-state index in [1.54, 1.807) is 47.6 Å². The van der Waals surface area contributed by atoms with Gasteiger partial charge in [-0.1, -0.05) is 13.8 Å². The van der Waals surface area contributed by atoms with E-state index in [0.29, 0.717) is 29.0 Å². The van der Waals surface area contributed by atoms with Crippen molar-refractivity contribution >= 4 is 22.7 Å². The van der Waals surface area contributed by atoms with Crippen molar-refractivity contribution in [1.29, 1.82) is 0 Å². The summed E-state index contributed by atoms with van der Waals surface area (Å²) in [4.78, 5) is 26.6. The molecule has 1 aromatic carbocycles. The molecule has 188 valence electrons. The lowest BCUT2D eigenvalue weighted by atomic mass is 9.90. The molecule has 0 unspecified atom stereocenters. The molecule has 10 heteroatoms. The van der Waals surface area contributed by atoms with Gasteiger partial charge in [0, 0.05) is 30.4 Å². The van der Waals surface area contributed by atoms with Crippen LogP contribution in [0.4, 0.5) is 20.4 Å². The van der Waals surface area contributed by atoms with E-state index in [-0.39, 0.29) is 23.2 Å². The Balaban J connectivity index is 1.64. The van der Waals surface area contributed by atoms with Crippen LogP contribution in [0.5, 0.6) is 0 Å². The van der Waals surface area contributed by atoms with Crippen molar-refractivity contribution in [2.24, 2.45) is 0 Å². The number of pyridine rings is 1. The third-order valence-corrected chi connectivity index (χ3v) is 6.55. The number of aromatic nitrogens is 5. The zero-order valence-electron chi connectivity index (χ0n) is 20.8. The Bertz CT molecular complexity index is 1510. The first-order valence-electron chi connectivity index (χ1n) is 12.0. The highest BCUT2D eigenvalue weighted by atomic mass is 19.1. The van der Waals surface area contributed by atoms with Crippen LogP contribution in [0.2, 0.25) is 0 Å². The lowest BCUT2D eigenvalue weighted by Gasteiger charge is -2.21. The summed E-state index contributed by atoms with van der Waals surface area (Å²) < 4.78 is 31.8. The molecule has 0 spiro atoms. The van der Waals surface area contributed by atoms with Gasteiger partial charge in [0.15, 0.2) is 5.65 Å². The fourth-order valence-corrected chi connectivity index (χ4v) is 4.48. The third-order valence-electron chi connectivity index (χ3n) is 6.55. The topological polar surface area (TPSA) is 89.7 Å². The maximum atomic E-state index is 14.8. The van der Waals surface area contributed by atoms with Gasteiger partial charge in [-0.15, -0.1) is 0 Å². The number of halogens is 2. The van der Waals surface area contributed by atoms with Crippen molar-refractivity contribution in [2.75, 3.05) is 18.5 Å². The second-order valence-electron chi connectivity index (χ2n) is 10.1. The molecule has 4 aromatic rings. The second-order valence-corrected chi connectivity index (χ2v) is 10.1. The molecule has 1 aliphatic rings. The quantitative estimate of drug-likeness (QED) is 0.416. The van der Waals surface area contributed by atoms with Crippen LogP contribution in [0.25, 0.3) is 16.7 Å². The van der Waals surface area contributed by atoms with E-state index in [9.17, 15) is 13.6 Å². The number of benzene rings is 1. The number of nitrogens with one attached hydrogen (secondary N) is 2. The normalized spacial score (nSPS) is 13.9. The van der Waals surface area contributed by atoms with Crippen molar-refractivity contribution in [2.45, 2.75) is 52.1 Å². The Morgan fingerprint density at radius 2 is 2.00 bits per heavy atom. The van der Waals surface area contributed by atoms with E-state index < -0.39 is 17.9 Å². The first-order chi connectivity index (χ1) is 17.2. The minimum Gasteiger partial charge on any atom is -0.322 e. The zero-order chi connectivity index (χ0) is 25.6. The van der Waals surface area contributed by atoms with E-state index in [1.807, 2.05) is 13.8 Å². The van der Waals surface area contributed by atoms with Gasteiger partial charge < -0.3 is 10.6 Å². The Kier molecular flexibility index (Phi) is 6.07. The van der Waals surface area contributed by atoms with Crippen LogP contribution in [-0.2, 0) is 18.4 Å². The molecule has 0 bridgehead atoms. The van der Waals surface area contributed by atoms with Gasteiger partial charge in [0.05, 0.1) is 17.1 Å². The van der Waals surface area contributed by atoms with Crippen LogP contribution in [-0.4, -0.2) is 37.5 Å². The predicted octanol–water partition coefficient (Wildman–Crippen LogP) is 4.33. The molecule has 0 aliphatic carbocycles. The summed E-state index contributed by atoms with van der Waals surface area (Å²) in [5, 5.41) is 6.56. The number of hydrogen-bond acceptors (Lipinski definition) is 6. The SMILES string of the molecule is CC(C)n1c(=O)c2cnc(Nc3cc4c(cc3F)CNCC4)nc2n1-c1ccnc(C(C)(C)CF)c1. The van der Waals surface area contributed by atoms with E-state index in [1.165, 1.54) is 12.3 Å². The molecule has 0 fully saturated rings. The van der Waals surface area contributed by atoms with Crippen LogP contribution in [0.3, 0.4) is 0 Å². The van der Waals surface area contributed by atoms with Crippen LogP contribution in [0, 0.1) is 5.82 Å². The fraction of sp³-hybridized carbons (Fsp3) is 0.385. The van der Waals surface area contributed by atoms with Crippen LogP contribution >= 0.6 is 0 Å². The summed E-state index contributed by atoms with van der Waals surface area (Å²) >= 11 is 0. The summed E-state index contributed by atoms with van der Waals surface area (Å²) in [6.07, 6.45) is 3.86. The molecule has 8 nitrogen and oxygen atoms in total. The molecule has 5 rings (SSSR count). The molecule has 0 amide bonds. The minimum absolute atomic E-state index is 0.170. The first kappa shape index (κ1) is 24.1. The minimum atomic E-state index is -0.789. The Labute approximate surface area is 207 Å². The van der Waals surface area contributed by atoms with Gasteiger partial charge in [0.1, 0.15) is 17.9 Å². The molecule has 2 N–H and O–H groups in total. The summed E-state index contributed by atoms with van der Waals surface area (Å²) in [5.74, 6) is -0.228. The second kappa shape index (κ2) is 9.09. The fourth-order valence-electron chi connectivity index (χ4n) is 4.48. The smallest absolute Gasteiger partial charge is 0.278 e. The maximum Gasteiger partial charge on any atom is 0.278 e. The molecule has 0 saturated heterocycles. The largest absolute Gasteiger partial charge is 0.322 e. The number of rotatable bonds is 6. The highest BCUT2D eigenvalue weighted by molar-refractivity contribution is 5.77. The van der Waals surface area contributed by atoms with Crippen molar-refractivity contribution in [1.82, 2.24) is 29.6 Å². The summed E-state index contributed by atoms with van der Waals surface area (Å²) in [6.45, 7) is 8.24. The van der Waals surface area contributed by atoms with Gasteiger partial charge in [-0.05, 0) is 62.2 Å². The summed E-state index contributed by atoms with van der Waals surface area (Å²) in [5.41, 5.74) is 2.80. The molecule has 1 aliphatic heterocycles. The molecule has 0 saturated carbocycles. The first-order valence-corrected chi connectivity index (χ1v) is 12.0. The molecular weight excluding hydrogens is 464 g/mol. The Hall–Kier alpha value is -3.66. The number of alkyl halides is 1. The zero-order valence-corrected chi connectivity index (χ0v) is 20.8. The molecule has 0 radical (unpaired) electrons. The molecule has 4 heterocycles. The van der Waals surface area contributed by atoms with Gasteiger partial charge in [-0.3, -0.25) is 14.2 Å². The van der Waals surface area contributed by atoms with E-state index in [0.717, 1.165) is 24.1 Å². The lowest BCUT2D eigenvalue weighted by Crippen LogP contribution is -2.25. The number of hydrogen-bond donors (Lipinski definition) is 2. The standard InChI is InChI=1S/C26H29F2N7O/c1-15(2)34-24(36)19-13-31-25(32-21-10-16-5-7-29-12-17(16)9-20(21)28)33-23(19)35(34)18-6-8-30-22(11-18)26(3,4)14-27/h6,8-11,13,15,29H,5,7,12,14H2,1-4H3,(H,31,32,33). The van der Waals surface area contributed by atoms with Gasteiger partial charge in [0.2, 0.25) is 5.95 Å². The molecule has 3 aromatic heterocycles. The van der Waals surface area contributed by atoms with E-state index in [2.05, 4.69) is 25.6 Å². The van der Waals surface area contributed by atoms with Crippen molar-refractivity contribution in [3.05, 3.63) is 69.7 Å². The average Bonchev–Trinajstić information content (AvgIpc) is 3.16. The molecule has 36 heavy (non-hydrogen) atoms. The van der Waals surface area contributed by atoms with Gasteiger partial charge in [-0.25, -0.2) is 18.7 Å². The lowest BCUT2D eigenvalue weighted by molar-refractivity contribution is 0.344. The van der Waals surface area contributed by atoms with Crippen LogP contribution < -0.4 is 16.2 Å². The molecule has 0 atom stereocenters. The van der Waals surface area contributed by atoms with Crippen LogP contribution in [0.1, 0.15) is 50.6 Å². The predicted molar refractivity (Wildman–Crippen MR) is 135 cm³/mol.